The summed E-state index contributed by atoms with van der Waals surface area (Å²) in [4.78, 5) is 29.7. The third kappa shape index (κ3) is 3.31. The number of ketones is 1. The molecule has 4 saturated carbocycles. The summed E-state index contributed by atoms with van der Waals surface area (Å²) < 4.78 is 5.63. The van der Waals surface area contributed by atoms with Crippen LogP contribution in [0.25, 0.3) is 0 Å². The minimum atomic E-state index is -0.238. The first-order valence-corrected chi connectivity index (χ1v) is 15.9. The highest BCUT2D eigenvalue weighted by Crippen LogP contribution is 2.75. The Hall–Kier alpha value is -1.16. The molecule has 0 radical (unpaired) electrons. The van der Waals surface area contributed by atoms with Crippen molar-refractivity contribution < 1.29 is 14.3 Å². The molecule has 1 saturated heterocycles. The summed E-state index contributed by atoms with van der Waals surface area (Å²) in [6.45, 7) is 20.0. The number of carbonyl (C=O) groups is 2. The fourth-order valence-electron chi connectivity index (χ4n) is 11.7. The van der Waals surface area contributed by atoms with E-state index >= 15 is 0 Å². The maximum absolute atomic E-state index is 14.5. The summed E-state index contributed by atoms with van der Waals surface area (Å²) in [7, 11) is 0. The first kappa shape index (κ1) is 27.0. The molecular weight excluding hydrogens is 470 g/mol. The van der Waals surface area contributed by atoms with Crippen molar-refractivity contribution in [1.82, 2.24) is 4.90 Å². The molecule has 1 unspecified atom stereocenters. The van der Waals surface area contributed by atoms with Gasteiger partial charge < -0.3 is 9.64 Å². The number of carbonyl (C=O) groups excluding carboxylic acids is 2. The van der Waals surface area contributed by atoms with Gasteiger partial charge in [-0.15, -0.1) is 0 Å². The van der Waals surface area contributed by atoms with Crippen molar-refractivity contribution in [3.05, 3.63) is 11.6 Å². The molecule has 9 atom stereocenters. The summed E-state index contributed by atoms with van der Waals surface area (Å²) >= 11 is 0. The quantitative estimate of drug-likeness (QED) is 0.345. The maximum Gasteiger partial charge on any atom is 0.229 e. The number of ether oxygens (including phenoxy) is 1. The molecule has 1 heterocycles. The second-order valence-electron chi connectivity index (χ2n) is 15.9. The zero-order valence-corrected chi connectivity index (χ0v) is 25.3. The second kappa shape index (κ2) is 8.67. The Kier molecular flexibility index (Phi) is 6.17. The zero-order valence-electron chi connectivity index (χ0n) is 25.3. The number of allylic oxidation sites excluding steroid dienone is 2. The normalized spacial score (nSPS) is 50.2. The Balaban J connectivity index is 1.42. The van der Waals surface area contributed by atoms with E-state index in [2.05, 4.69) is 59.4 Å². The van der Waals surface area contributed by atoms with Crippen molar-refractivity contribution >= 4 is 11.7 Å². The molecule has 4 nitrogen and oxygen atoms in total. The standard InChI is InChI=1S/C34H53NO3/c1-22-10-15-34(29(37)35-18-20-38-21-19-35)17-16-32(6)24(28(34)23(22)2)8-9-26-31(5)13-12-27(36)30(3,4)25(31)11-14-33(26,32)7/h8,22-23,25-26,28H,9-21H2,1-7H3/t22-,23+,25+,26-,28?,31+,32-,33-,34+/m1/s1. The Bertz CT molecular complexity index is 1040. The van der Waals surface area contributed by atoms with Crippen molar-refractivity contribution in [1.29, 1.82) is 0 Å². The van der Waals surface area contributed by atoms with E-state index in [4.69, 9.17) is 4.74 Å². The van der Waals surface area contributed by atoms with Gasteiger partial charge in [-0.2, -0.15) is 0 Å². The molecular formula is C34H53NO3. The predicted molar refractivity (Wildman–Crippen MR) is 151 cm³/mol. The number of Topliss-reactive ketones (excluding diaryl/α,β-unsaturated/α-hetero) is 1. The number of hydrogen-bond donors (Lipinski definition) is 0. The summed E-state index contributed by atoms with van der Waals surface area (Å²) in [5.41, 5.74) is 1.75. The van der Waals surface area contributed by atoms with Crippen LogP contribution in [-0.2, 0) is 14.3 Å². The molecule has 0 bridgehead atoms. The first-order valence-electron chi connectivity index (χ1n) is 15.9. The van der Waals surface area contributed by atoms with Gasteiger partial charge in [-0.1, -0.05) is 60.1 Å². The first-order chi connectivity index (χ1) is 17.8. The van der Waals surface area contributed by atoms with Crippen LogP contribution in [-0.4, -0.2) is 42.9 Å². The van der Waals surface area contributed by atoms with Gasteiger partial charge in [-0.25, -0.2) is 0 Å². The average Bonchev–Trinajstić information content (AvgIpc) is 2.89. The highest BCUT2D eigenvalue weighted by atomic mass is 16.5. The smallest absolute Gasteiger partial charge is 0.229 e. The molecule has 6 aliphatic rings. The van der Waals surface area contributed by atoms with Gasteiger partial charge in [0.25, 0.3) is 0 Å². The Morgan fingerprint density at radius 1 is 0.921 bits per heavy atom. The number of rotatable bonds is 1. The Morgan fingerprint density at radius 2 is 1.63 bits per heavy atom. The average molecular weight is 524 g/mol. The third-order valence-corrected chi connectivity index (χ3v) is 14.5. The van der Waals surface area contributed by atoms with Crippen LogP contribution in [0.3, 0.4) is 0 Å². The van der Waals surface area contributed by atoms with Crippen molar-refractivity contribution in [2.24, 2.45) is 56.7 Å². The molecule has 0 N–H and O–H groups in total. The summed E-state index contributed by atoms with van der Waals surface area (Å²) in [5, 5.41) is 0. The Morgan fingerprint density at radius 3 is 2.34 bits per heavy atom. The van der Waals surface area contributed by atoms with E-state index < -0.39 is 0 Å². The van der Waals surface area contributed by atoms with Crippen molar-refractivity contribution in [2.45, 2.75) is 106 Å². The van der Waals surface area contributed by atoms with Gasteiger partial charge in [0.2, 0.25) is 5.91 Å². The van der Waals surface area contributed by atoms with Gasteiger partial charge >= 0.3 is 0 Å². The monoisotopic (exact) mass is 523 g/mol. The molecule has 1 amide bonds. The van der Waals surface area contributed by atoms with Crippen LogP contribution in [0.4, 0.5) is 0 Å². The van der Waals surface area contributed by atoms with Gasteiger partial charge in [0.05, 0.1) is 18.6 Å². The molecule has 0 aromatic heterocycles. The van der Waals surface area contributed by atoms with E-state index in [1.807, 2.05) is 0 Å². The number of amides is 1. The van der Waals surface area contributed by atoms with Crippen LogP contribution in [0, 0.1) is 56.7 Å². The van der Waals surface area contributed by atoms with Crippen LogP contribution in [0.5, 0.6) is 0 Å². The van der Waals surface area contributed by atoms with Gasteiger partial charge in [0.1, 0.15) is 5.78 Å². The van der Waals surface area contributed by atoms with E-state index in [0.29, 0.717) is 54.5 Å². The number of nitrogens with zero attached hydrogens (tertiary/aromatic N) is 1. The molecule has 38 heavy (non-hydrogen) atoms. The molecule has 0 aromatic carbocycles. The minimum Gasteiger partial charge on any atom is -0.378 e. The van der Waals surface area contributed by atoms with Gasteiger partial charge in [0, 0.05) is 24.9 Å². The Labute approximate surface area is 231 Å². The largest absolute Gasteiger partial charge is 0.378 e. The summed E-state index contributed by atoms with van der Waals surface area (Å²) in [5.74, 6) is 3.53. The zero-order chi connectivity index (χ0) is 27.3. The van der Waals surface area contributed by atoms with Gasteiger partial charge in [0.15, 0.2) is 0 Å². The highest BCUT2D eigenvalue weighted by molar-refractivity contribution is 5.86. The van der Waals surface area contributed by atoms with Crippen LogP contribution in [0.15, 0.2) is 11.6 Å². The third-order valence-electron chi connectivity index (χ3n) is 14.5. The van der Waals surface area contributed by atoms with Crippen LogP contribution < -0.4 is 0 Å². The predicted octanol–water partition coefficient (Wildman–Crippen LogP) is 7.07. The topological polar surface area (TPSA) is 46.6 Å². The highest BCUT2D eigenvalue weighted by Gasteiger charge is 2.69. The molecule has 6 rings (SSSR count). The summed E-state index contributed by atoms with van der Waals surface area (Å²) in [6.07, 6.45) is 12.3. The van der Waals surface area contributed by atoms with Gasteiger partial charge in [-0.3, -0.25) is 9.59 Å². The van der Waals surface area contributed by atoms with Crippen LogP contribution >= 0.6 is 0 Å². The lowest BCUT2D eigenvalue weighted by atomic mass is 9.33. The van der Waals surface area contributed by atoms with Crippen LogP contribution in [0.2, 0.25) is 0 Å². The molecule has 4 heteroatoms. The minimum absolute atomic E-state index is 0.125. The molecule has 0 spiro atoms. The molecule has 5 aliphatic carbocycles. The number of hydrogen-bond acceptors (Lipinski definition) is 3. The van der Waals surface area contributed by atoms with Crippen LogP contribution in [0.1, 0.15) is 106 Å². The van der Waals surface area contributed by atoms with E-state index in [1.165, 1.54) is 19.3 Å². The lowest BCUT2D eigenvalue weighted by Gasteiger charge is -2.71. The lowest BCUT2D eigenvalue weighted by Crippen LogP contribution is -2.66. The SMILES string of the molecule is C[C@@H]1CC[C@]2(C(=O)N3CCOCC3)CC[C@]3(C)C(=CC[C@@H]4[C@@]5(C)CCC(=O)C(C)(C)[C@@H]5CC[C@]43C)C2[C@H]1C. The van der Waals surface area contributed by atoms with E-state index in [9.17, 15) is 9.59 Å². The lowest BCUT2D eigenvalue weighted by molar-refractivity contribution is -0.189. The molecule has 212 valence electrons. The van der Waals surface area contributed by atoms with Crippen molar-refractivity contribution in [2.75, 3.05) is 26.3 Å². The van der Waals surface area contributed by atoms with E-state index in [1.54, 1.807) is 5.57 Å². The fourth-order valence-corrected chi connectivity index (χ4v) is 11.7. The van der Waals surface area contributed by atoms with Crippen molar-refractivity contribution in [3.8, 4) is 0 Å². The summed E-state index contributed by atoms with van der Waals surface area (Å²) in [6, 6.07) is 0. The maximum atomic E-state index is 14.5. The number of morpholine rings is 1. The molecule has 5 fully saturated rings. The molecule has 1 aliphatic heterocycles. The number of fused-ring (bicyclic) bond motifs is 7. The second-order valence-corrected chi connectivity index (χ2v) is 15.9. The van der Waals surface area contributed by atoms with E-state index in [-0.39, 0.29) is 27.1 Å². The fraction of sp³-hybridized carbons (Fsp3) is 0.882. The van der Waals surface area contributed by atoms with Gasteiger partial charge in [-0.05, 0) is 97.2 Å². The molecule has 0 aromatic rings. The van der Waals surface area contributed by atoms with E-state index in [0.717, 1.165) is 51.6 Å². The van der Waals surface area contributed by atoms with Crippen molar-refractivity contribution in [3.63, 3.8) is 0 Å².